The zero-order valence-electron chi connectivity index (χ0n) is 23.3. The summed E-state index contributed by atoms with van der Waals surface area (Å²) in [5, 5.41) is 1.33. The molecule has 0 radical (unpaired) electrons. The summed E-state index contributed by atoms with van der Waals surface area (Å²) in [7, 11) is 5.62. The third kappa shape index (κ3) is 5.19. The number of H-pyrrole nitrogens is 1. The van der Waals surface area contributed by atoms with Gasteiger partial charge in [-0.25, -0.2) is 0 Å². The Morgan fingerprint density at radius 1 is 0.892 bits per heavy atom. The van der Waals surface area contributed by atoms with Crippen molar-refractivity contribution < 1.29 is 9.47 Å². The van der Waals surface area contributed by atoms with Crippen LogP contribution in [0.2, 0.25) is 0 Å². The van der Waals surface area contributed by atoms with Crippen molar-refractivity contribution in [1.82, 2.24) is 14.8 Å². The molecule has 0 saturated carbocycles. The fourth-order valence-electron chi connectivity index (χ4n) is 6.59. The standard InChI is InChI=1S/C31H44N4O2/c1-6-26-27-21-25(9-10-28(27)32-31(26)22-8-11-29(36-4)30(20-22)37-5)35(7-2)24-14-18-34(19-15-24)23-12-16-33(3)17-13-23/h8-11,20-21,23-24,32H,6-7,12-19H2,1-5H3. The summed E-state index contributed by atoms with van der Waals surface area (Å²) in [6.45, 7) is 10.5. The second-order valence-electron chi connectivity index (χ2n) is 10.7. The van der Waals surface area contributed by atoms with Gasteiger partial charge in [0, 0.05) is 59.6 Å². The van der Waals surface area contributed by atoms with E-state index in [4.69, 9.17) is 9.47 Å². The topological polar surface area (TPSA) is 44.0 Å². The molecule has 0 bridgehead atoms. The van der Waals surface area contributed by atoms with Crippen molar-refractivity contribution in [3.63, 3.8) is 0 Å². The van der Waals surface area contributed by atoms with Crippen molar-refractivity contribution in [2.24, 2.45) is 0 Å². The maximum absolute atomic E-state index is 5.58. The fourth-order valence-corrected chi connectivity index (χ4v) is 6.59. The van der Waals surface area contributed by atoms with E-state index in [2.05, 4.69) is 70.9 Å². The van der Waals surface area contributed by atoms with Crippen LogP contribution in [0.25, 0.3) is 22.2 Å². The number of hydrogen-bond acceptors (Lipinski definition) is 5. The van der Waals surface area contributed by atoms with E-state index in [0.717, 1.165) is 36.1 Å². The Bertz CT molecular complexity index is 1190. The molecule has 5 rings (SSSR count). The quantitative estimate of drug-likeness (QED) is 0.420. The lowest BCUT2D eigenvalue weighted by Crippen LogP contribution is -2.50. The Balaban J connectivity index is 1.37. The van der Waals surface area contributed by atoms with E-state index in [1.54, 1.807) is 14.2 Å². The Morgan fingerprint density at radius 2 is 1.62 bits per heavy atom. The Morgan fingerprint density at radius 3 is 2.27 bits per heavy atom. The van der Waals surface area contributed by atoms with Gasteiger partial charge in [0.1, 0.15) is 0 Å². The number of aryl methyl sites for hydroxylation is 1. The molecule has 3 heterocycles. The van der Waals surface area contributed by atoms with Gasteiger partial charge in [0.05, 0.1) is 14.2 Å². The van der Waals surface area contributed by atoms with E-state index >= 15 is 0 Å². The fraction of sp³-hybridized carbons (Fsp3) is 0.548. The van der Waals surface area contributed by atoms with Crippen molar-refractivity contribution >= 4 is 16.6 Å². The zero-order valence-corrected chi connectivity index (χ0v) is 23.3. The maximum Gasteiger partial charge on any atom is 0.161 e. The number of anilines is 1. The van der Waals surface area contributed by atoms with Gasteiger partial charge >= 0.3 is 0 Å². The predicted molar refractivity (Wildman–Crippen MR) is 154 cm³/mol. The molecule has 2 fully saturated rings. The molecule has 0 amide bonds. The molecule has 0 atom stereocenters. The molecule has 6 nitrogen and oxygen atoms in total. The van der Waals surface area contributed by atoms with Gasteiger partial charge in [-0.2, -0.15) is 0 Å². The molecule has 37 heavy (non-hydrogen) atoms. The molecule has 6 heteroatoms. The average molecular weight is 505 g/mol. The molecule has 0 unspecified atom stereocenters. The first-order valence-corrected chi connectivity index (χ1v) is 14.1. The van der Waals surface area contributed by atoms with Crippen molar-refractivity contribution in [2.45, 2.75) is 58.0 Å². The predicted octanol–water partition coefficient (Wildman–Crippen LogP) is 5.80. The van der Waals surface area contributed by atoms with E-state index in [9.17, 15) is 0 Å². The summed E-state index contributed by atoms with van der Waals surface area (Å²) in [5.74, 6) is 1.51. The van der Waals surface area contributed by atoms with Gasteiger partial charge in [-0.05, 0) is 101 Å². The van der Waals surface area contributed by atoms with Gasteiger partial charge in [-0.1, -0.05) is 6.92 Å². The molecule has 2 aromatic carbocycles. The maximum atomic E-state index is 5.58. The van der Waals surface area contributed by atoms with Crippen LogP contribution < -0.4 is 14.4 Å². The Labute approximate surface area is 222 Å². The molecule has 2 saturated heterocycles. The van der Waals surface area contributed by atoms with Gasteiger partial charge in [0.2, 0.25) is 0 Å². The molecule has 2 aliphatic heterocycles. The lowest BCUT2D eigenvalue weighted by atomic mass is 9.96. The average Bonchev–Trinajstić information content (AvgIpc) is 3.32. The normalized spacial score (nSPS) is 18.4. The molecule has 2 aliphatic rings. The van der Waals surface area contributed by atoms with Gasteiger partial charge in [-0.15, -0.1) is 0 Å². The van der Waals surface area contributed by atoms with Crippen LogP contribution in [0.5, 0.6) is 11.5 Å². The minimum atomic E-state index is 0.610. The highest BCUT2D eigenvalue weighted by molar-refractivity contribution is 5.93. The van der Waals surface area contributed by atoms with Gasteiger partial charge in [-0.3, -0.25) is 0 Å². The number of nitrogens with one attached hydrogen (secondary N) is 1. The number of methoxy groups -OCH3 is 2. The van der Waals surface area contributed by atoms with E-state index in [1.807, 2.05) is 6.07 Å². The Hall–Kier alpha value is -2.70. The van der Waals surface area contributed by atoms with Crippen molar-refractivity contribution in [3.8, 4) is 22.8 Å². The number of nitrogens with zero attached hydrogens (tertiary/aromatic N) is 3. The SMILES string of the molecule is CCc1c(-c2ccc(OC)c(OC)c2)[nH]c2ccc(N(CC)C3CCN(C4CCN(C)CC4)CC3)cc12. The highest BCUT2D eigenvalue weighted by atomic mass is 16.5. The van der Waals surface area contributed by atoms with E-state index in [0.29, 0.717) is 6.04 Å². The lowest BCUT2D eigenvalue weighted by molar-refractivity contribution is 0.0962. The summed E-state index contributed by atoms with van der Waals surface area (Å²) in [4.78, 5) is 11.6. The molecule has 3 aromatic rings. The summed E-state index contributed by atoms with van der Waals surface area (Å²) < 4.78 is 11.0. The number of ether oxygens (including phenoxy) is 2. The molecular formula is C31H44N4O2. The number of fused-ring (bicyclic) bond motifs is 1. The number of benzene rings is 2. The zero-order chi connectivity index (χ0) is 25.9. The van der Waals surface area contributed by atoms with E-state index in [1.165, 1.54) is 79.7 Å². The first-order chi connectivity index (χ1) is 18.1. The van der Waals surface area contributed by atoms with Crippen LogP contribution in [0, 0.1) is 0 Å². The van der Waals surface area contributed by atoms with Gasteiger partial charge < -0.3 is 29.2 Å². The van der Waals surface area contributed by atoms with Gasteiger partial charge in [0.25, 0.3) is 0 Å². The van der Waals surface area contributed by atoms with Crippen LogP contribution >= 0.6 is 0 Å². The molecule has 0 spiro atoms. The highest BCUT2D eigenvalue weighted by Gasteiger charge is 2.30. The van der Waals surface area contributed by atoms with Crippen molar-refractivity contribution in [1.29, 1.82) is 0 Å². The molecule has 1 N–H and O–H groups in total. The first-order valence-electron chi connectivity index (χ1n) is 14.1. The van der Waals surface area contributed by atoms with E-state index < -0.39 is 0 Å². The lowest BCUT2D eigenvalue weighted by Gasteiger charge is -2.44. The summed E-state index contributed by atoms with van der Waals surface area (Å²) in [6, 6.07) is 14.6. The second kappa shape index (κ2) is 11.4. The number of rotatable bonds is 8. The smallest absolute Gasteiger partial charge is 0.161 e. The van der Waals surface area contributed by atoms with Crippen molar-refractivity contribution in [3.05, 3.63) is 42.0 Å². The van der Waals surface area contributed by atoms with Crippen LogP contribution in [0.4, 0.5) is 5.69 Å². The first kappa shape index (κ1) is 25.9. The molecule has 1 aromatic heterocycles. The number of likely N-dealkylation sites (tertiary alicyclic amines) is 2. The third-order valence-electron chi connectivity index (χ3n) is 8.73. The van der Waals surface area contributed by atoms with E-state index in [-0.39, 0.29) is 0 Å². The summed E-state index contributed by atoms with van der Waals surface area (Å²) >= 11 is 0. The number of piperidine rings is 2. The highest BCUT2D eigenvalue weighted by Crippen LogP contribution is 2.38. The van der Waals surface area contributed by atoms with Crippen molar-refractivity contribution in [2.75, 3.05) is 58.9 Å². The monoisotopic (exact) mass is 504 g/mol. The number of aromatic nitrogens is 1. The molecule has 200 valence electrons. The minimum absolute atomic E-state index is 0.610. The van der Waals surface area contributed by atoms with Gasteiger partial charge in [0.15, 0.2) is 11.5 Å². The Kier molecular flexibility index (Phi) is 7.96. The summed E-state index contributed by atoms with van der Waals surface area (Å²) in [5.41, 5.74) is 6.20. The van der Waals surface area contributed by atoms with Crippen LogP contribution in [0.3, 0.4) is 0 Å². The van der Waals surface area contributed by atoms with Crippen LogP contribution in [0.15, 0.2) is 36.4 Å². The molecule has 0 aliphatic carbocycles. The minimum Gasteiger partial charge on any atom is -0.493 e. The second-order valence-corrected chi connectivity index (χ2v) is 10.7. The number of aromatic amines is 1. The number of hydrogen-bond donors (Lipinski definition) is 1. The van der Waals surface area contributed by atoms with Crippen LogP contribution in [-0.2, 0) is 6.42 Å². The van der Waals surface area contributed by atoms with Crippen LogP contribution in [0.1, 0.15) is 45.1 Å². The summed E-state index contributed by atoms with van der Waals surface area (Å²) in [6.07, 6.45) is 6.12. The van der Waals surface area contributed by atoms with Crippen LogP contribution in [-0.4, -0.2) is 80.9 Å². The third-order valence-corrected chi connectivity index (χ3v) is 8.73. The molecular weight excluding hydrogens is 460 g/mol. The largest absolute Gasteiger partial charge is 0.493 e.